The molecule has 1 atom stereocenters. The maximum atomic E-state index is 12.7. The van der Waals surface area contributed by atoms with Gasteiger partial charge in [0.2, 0.25) is 5.91 Å². The summed E-state index contributed by atoms with van der Waals surface area (Å²) in [4.78, 5) is 24.1. The number of nitrogens with one attached hydrogen (secondary N) is 1. The number of hydrogen-bond donors (Lipinski definition) is 1. The fourth-order valence-corrected chi connectivity index (χ4v) is 4.60. The number of anilines is 2. The summed E-state index contributed by atoms with van der Waals surface area (Å²) < 4.78 is 0. The molecule has 0 radical (unpaired) electrons. The van der Waals surface area contributed by atoms with E-state index in [4.69, 9.17) is 11.6 Å². The van der Waals surface area contributed by atoms with Gasteiger partial charge in [0.05, 0.1) is 17.3 Å². The number of carbonyl (C=O) groups is 1. The topological polar surface area (TPSA) is 51.7 Å². The van der Waals surface area contributed by atoms with E-state index in [-0.39, 0.29) is 5.91 Å². The smallest absolute Gasteiger partial charge is 0.241 e. The Hall–Kier alpha value is -2.31. The molecule has 2 aliphatic rings. The summed E-state index contributed by atoms with van der Waals surface area (Å²) in [6.45, 7) is 7.18. The Balaban J connectivity index is 1.22. The molecular weight excluding hydrogens is 398 g/mol. The van der Waals surface area contributed by atoms with Gasteiger partial charge >= 0.3 is 0 Å². The number of nitrogens with zero attached hydrogens (tertiary/aromatic N) is 4. The van der Waals surface area contributed by atoms with Gasteiger partial charge in [-0.25, -0.2) is 4.98 Å². The molecule has 0 spiro atoms. The minimum atomic E-state index is 0.152. The number of benzene rings is 1. The zero-order valence-electron chi connectivity index (χ0n) is 17.3. The van der Waals surface area contributed by atoms with Crippen LogP contribution in [0.15, 0.2) is 48.7 Å². The summed E-state index contributed by atoms with van der Waals surface area (Å²) in [5.41, 5.74) is 0.812. The Bertz CT molecular complexity index is 825. The molecule has 0 bridgehead atoms. The fourth-order valence-electron chi connectivity index (χ4n) is 4.39. The van der Waals surface area contributed by atoms with E-state index in [0.29, 0.717) is 17.5 Å². The van der Waals surface area contributed by atoms with Gasteiger partial charge in [-0.1, -0.05) is 29.8 Å². The lowest BCUT2D eigenvalue weighted by atomic mass is 9.97. The first-order valence-corrected chi connectivity index (χ1v) is 11.2. The summed E-state index contributed by atoms with van der Waals surface area (Å²) in [7, 11) is 0. The van der Waals surface area contributed by atoms with Gasteiger partial charge in [0.15, 0.2) is 0 Å². The molecule has 1 N–H and O–H groups in total. The number of likely N-dealkylation sites (tertiary alicyclic amines) is 1. The average molecular weight is 428 g/mol. The standard InChI is InChI=1S/C23H30ClN5O/c24-20-7-1-2-8-21(20)26-16-23(30)29-11-5-6-19(18-29)17-27-12-14-28(15-13-27)22-9-3-4-10-25-22/h1-4,7-10,19,26H,5-6,11-18H2. The molecule has 1 aromatic heterocycles. The van der Waals surface area contributed by atoms with Crippen molar-refractivity contribution in [3.8, 4) is 0 Å². The van der Waals surface area contributed by atoms with Gasteiger partial charge in [-0.05, 0) is 43.0 Å². The SMILES string of the molecule is O=C(CNc1ccccc1Cl)N1CCCC(CN2CCN(c3ccccn3)CC2)C1. The Labute approximate surface area is 183 Å². The van der Waals surface area contributed by atoms with E-state index in [1.54, 1.807) is 0 Å². The first-order chi connectivity index (χ1) is 14.7. The predicted octanol–water partition coefficient (Wildman–Crippen LogP) is 3.21. The summed E-state index contributed by atoms with van der Waals surface area (Å²) in [6, 6.07) is 13.6. The number of hydrogen-bond acceptors (Lipinski definition) is 5. The minimum absolute atomic E-state index is 0.152. The third-order valence-corrected chi connectivity index (χ3v) is 6.37. The van der Waals surface area contributed by atoms with Crippen molar-refractivity contribution < 1.29 is 4.79 Å². The van der Waals surface area contributed by atoms with Gasteiger partial charge in [0.25, 0.3) is 0 Å². The molecular formula is C23H30ClN5O. The van der Waals surface area contributed by atoms with Crippen LogP contribution in [0.5, 0.6) is 0 Å². The second kappa shape index (κ2) is 10.1. The predicted molar refractivity (Wildman–Crippen MR) is 122 cm³/mol. The van der Waals surface area contributed by atoms with E-state index in [9.17, 15) is 4.79 Å². The number of aromatic nitrogens is 1. The quantitative estimate of drug-likeness (QED) is 0.767. The number of piperazine rings is 1. The molecule has 2 aromatic rings. The van der Waals surface area contributed by atoms with E-state index in [1.807, 2.05) is 47.5 Å². The van der Waals surface area contributed by atoms with Gasteiger partial charge in [-0.3, -0.25) is 9.69 Å². The molecule has 1 unspecified atom stereocenters. The van der Waals surface area contributed by atoms with Gasteiger partial charge in [-0.2, -0.15) is 0 Å². The first kappa shape index (κ1) is 20.9. The number of carbonyl (C=O) groups excluding carboxylic acids is 1. The molecule has 6 nitrogen and oxygen atoms in total. The van der Waals surface area contributed by atoms with Gasteiger partial charge < -0.3 is 15.1 Å². The third-order valence-electron chi connectivity index (χ3n) is 6.04. The molecule has 1 amide bonds. The summed E-state index contributed by atoms with van der Waals surface area (Å²) in [5.74, 6) is 1.77. The second-order valence-electron chi connectivity index (χ2n) is 8.16. The van der Waals surface area contributed by atoms with Crippen LogP contribution in [0, 0.1) is 5.92 Å². The molecule has 4 rings (SSSR count). The van der Waals surface area contributed by atoms with E-state index < -0.39 is 0 Å². The highest BCUT2D eigenvalue weighted by molar-refractivity contribution is 6.33. The molecule has 2 fully saturated rings. The van der Waals surface area contributed by atoms with Crippen LogP contribution < -0.4 is 10.2 Å². The third kappa shape index (κ3) is 5.43. The lowest BCUT2D eigenvalue weighted by Crippen LogP contribution is -2.50. The van der Waals surface area contributed by atoms with Crippen LogP contribution in [0.4, 0.5) is 11.5 Å². The molecule has 3 heterocycles. The van der Waals surface area contributed by atoms with Crippen LogP contribution in [0.2, 0.25) is 5.02 Å². The van der Waals surface area contributed by atoms with Crippen molar-refractivity contribution in [2.45, 2.75) is 12.8 Å². The largest absolute Gasteiger partial charge is 0.375 e. The molecule has 0 saturated carbocycles. The summed E-state index contributed by atoms with van der Waals surface area (Å²) >= 11 is 6.17. The normalized spacial score (nSPS) is 20.2. The minimum Gasteiger partial charge on any atom is -0.375 e. The van der Waals surface area contributed by atoms with Crippen LogP contribution in [0.3, 0.4) is 0 Å². The monoisotopic (exact) mass is 427 g/mol. The van der Waals surface area contributed by atoms with Gasteiger partial charge in [-0.15, -0.1) is 0 Å². The molecule has 160 valence electrons. The van der Waals surface area contributed by atoms with Crippen molar-refractivity contribution in [3.63, 3.8) is 0 Å². The molecule has 2 saturated heterocycles. The molecule has 0 aliphatic carbocycles. The zero-order valence-corrected chi connectivity index (χ0v) is 18.1. The van der Waals surface area contributed by atoms with Crippen molar-refractivity contribution in [1.82, 2.24) is 14.8 Å². The van der Waals surface area contributed by atoms with Crippen LogP contribution in [0.1, 0.15) is 12.8 Å². The lowest BCUT2D eigenvalue weighted by Gasteiger charge is -2.39. The van der Waals surface area contributed by atoms with E-state index in [1.165, 1.54) is 6.42 Å². The lowest BCUT2D eigenvalue weighted by molar-refractivity contribution is -0.131. The maximum Gasteiger partial charge on any atom is 0.241 e. The number of para-hydroxylation sites is 1. The number of halogens is 1. The summed E-state index contributed by atoms with van der Waals surface area (Å²) in [5, 5.41) is 3.83. The van der Waals surface area contributed by atoms with Crippen LogP contribution in [0.25, 0.3) is 0 Å². The fraction of sp³-hybridized carbons (Fsp3) is 0.478. The molecule has 1 aromatic carbocycles. The van der Waals surface area contributed by atoms with Crippen molar-refractivity contribution in [1.29, 1.82) is 0 Å². The highest BCUT2D eigenvalue weighted by atomic mass is 35.5. The van der Waals surface area contributed by atoms with Gasteiger partial charge in [0.1, 0.15) is 5.82 Å². The Kier molecular flexibility index (Phi) is 7.07. The first-order valence-electron chi connectivity index (χ1n) is 10.8. The number of piperidine rings is 1. The Morgan fingerprint density at radius 3 is 2.63 bits per heavy atom. The van der Waals surface area contributed by atoms with Gasteiger partial charge in [0, 0.05) is 52.0 Å². The van der Waals surface area contributed by atoms with E-state index in [2.05, 4.69) is 26.2 Å². The second-order valence-corrected chi connectivity index (χ2v) is 8.56. The van der Waals surface area contributed by atoms with Crippen molar-refractivity contribution in [3.05, 3.63) is 53.7 Å². The Morgan fingerprint density at radius 1 is 1.07 bits per heavy atom. The van der Waals surface area contributed by atoms with Crippen molar-refractivity contribution in [2.24, 2.45) is 5.92 Å². The Morgan fingerprint density at radius 2 is 1.87 bits per heavy atom. The highest BCUT2D eigenvalue weighted by Crippen LogP contribution is 2.22. The summed E-state index contributed by atoms with van der Waals surface area (Å²) in [6.07, 6.45) is 4.13. The maximum absolute atomic E-state index is 12.7. The van der Waals surface area contributed by atoms with E-state index in [0.717, 1.165) is 63.7 Å². The molecule has 2 aliphatic heterocycles. The van der Waals surface area contributed by atoms with Crippen LogP contribution in [-0.2, 0) is 4.79 Å². The van der Waals surface area contributed by atoms with Crippen LogP contribution in [-0.4, -0.2) is 73.0 Å². The van der Waals surface area contributed by atoms with Crippen LogP contribution >= 0.6 is 11.6 Å². The highest BCUT2D eigenvalue weighted by Gasteiger charge is 2.26. The number of amides is 1. The zero-order chi connectivity index (χ0) is 20.8. The number of rotatable bonds is 6. The van der Waals surface area contributed by atoms with E-state index >= 15 is 0 Å². The molecule has 30 heavy (non-hydrogen) atoms. The molecule has 7 heteroatoms. The van der Waals surface area contributed by atoms with Crippen molar-refractivity contribution in [2.75, 3.05) is 62.6 Å². The number of pyridine rings is 1. The van der Waals surface area contributed by atoms with Crippen molar-refractivity contribution >= 4 is 29.0 Å². The average Bonchev–Trinajstić information content (AvgIpc) is 2.80.